The predicted molar refractivity (Wildman–Crippen MR) is 116 cm³/mol. The number of nitrogens with one attached hydrogen (secondary N) is 2. The van der Waals surface area contributed by atoms with Gasteiger partial charge in [-0.3, -0.25) is 14.9 Å². The van der Waals surface area contributed by atoms with Crippen molar-refractivity contribution in [3.05, 3.63) is 81.3 Å². The molecule has 3 aromatic rings. The lowest BCUT2D eigenvalue weighted by atomic mass is 10.0. The standard InChI is InChI=1S/C23H25N3O2S/c1-16-6-8-17(9-7-16)22(21-5-4-12-29-21)25-15-20(27)18-13-19(24-14-18)23(28)26-10-2-3-11-26/h4-9,12-14,22,24-25H,2-3,10-11,15H2,1H3. The minimum absolute atomic E-state index is 0.0226. The minimum Gasteiger partial charge on any atom is -0.356 e. The molecule has 0 aliphatic carbocycles. The van der Waals surface area contributed by atoms with E-state index in [0.717, 1.165) is 31.5 Å². The molecule has 1 aromatic carbocycles. The summed E-state index contributed by atoms with van der Waals surface area (Å²) in [6.45, 7) is 3.85. The lowest BCUT2D eigenvalue weighted by Gasteiger charge is -2.18. The fourth-order valence-electron chi connectivity index (χ4n) is 3.66. The molecule has 29 heavy (non-hydrogen) atoms. The van der Waals surface area contributed by atoms with E-state index in [2.05, 4.69) is 47.6 Å². The van der Waals surface area contributed by atoms with Crippen LogP contribution < -0.4 is 5.32 Å². The Morgan fingerprint density at radius 1 is 1.17 bits per heavy atom. The number of nitrogens with zero attached hydrogens (tertiary/aromatic N) is 1. The van der Waals surface area contributed by atoms with E-state index in [-0.39, 0.29) is 24.3 Å². The van der Waals surface area contributed by atoms with Crippen LogP contribution in [-0.2, 0) is 0 Å². The molecule has 4 rings (SSSR count). The maximum atomic E-state index is 12.8. The third-order valence-electron chi connectivity index (χ3n) is 5.33. The number of Topliss-reactive ketones (excluding diaryl/α,β-unsaturated/α-hetero) is 1. The van der Waals surface area contributed by atoms with Gasteiger partial charge in [-0.25, -0.2) is 0 Å². The molecule has 6 heteroatoms. The Kier molecular flexibility index (Phi) is 5.92. The van der Waals surface area contributed by atoms with E-state index >= 15 is 0 Å². The Labute approximate surface area is 174 Å². The largest absolute Gasteiger partial charge is 0.356 e. The molecule has 1 saturated heterocycles. The van der Waals surface area contributed by atoms with Crippen LogP contribution in [0.1, 0.15) is 55.7 Å². The van der Waals surface area contributed by atoms with Crippen molar-refractivity contribution in [3.63, 3.8) is 0 Å². The zero-order chi connectivity index (χ0) is 20.2. The Morgan fingerprint density at radius 2 is 1.93 bits per heavy atom. The molecule has 0 spiro atoms. The third-order valence-corrected chi connectivity index (χ3v) is 6.27. The molecule has 3 heterocycles. The molecule has 1 atom stereocenters. The Morgan fingerprint density at radius 3 is 2.62 bits per heavy atom. The summed E-state index contributed by atoms with van der Waals surface area (Å²) in [5.41, 5.74) is 3.36. The van der Waals surface area contributed by atoms with Crippen LogP contribution in [0.25, 0.3) is 0 Å². The van der Waals surface area contributed by atoms with E-state index in [1.54, 1.807) is 23.6 Å². The molecular weight excluding hydrogens is 382 g/mol. The third kappa shape index (κ3) is 4.49. The molecule has 0 bridgehead atoms. The van der Waals surface area contributed by atoms with Gasteiger partial charge in [0.2, 0.25) is 0 Å². The number of carbonyl (C=O) groups is 2. The van der Waals surface area contributed by atoms with Crippen LogP contribution in [0, 0.1) is 6.92 Å². The van der Waals surface area contributed by atoms with Crippen molar-refractivity contribution in [1.29, 1.82) is 0 Å². The molecule has 1 aliphatic rings. The van der Waals surface area contributed by atoms with Crippen molar-refractivity contribution in [1.82, 2.24) is 15.2 Å². The van der Waals surface area contributed by atoms with Crippen LogP contribution in [0.15, 0.2) is 54.0 Å². The number of H-pyrrole nitrogens is 1. The second kappa shape index (κ2) is 8.76. The summed E-state index contributed by atoms with van der Waals surface area (Å²) in [4.78, 5) is 31.2. The second-order valence-electron chi connectivity index (χ2n) is 7.46. The van der Waals surface area contributed by atoms with E-state index in [4.69, 9.17) is 0 Å². The smallest absolute Gasteiger partial charge is 0.270 e. The number of carbonyl (C=O) groups excluding carboxylic acids is 2. The highest BCUT2D eigenvalue weighted by atomic mass is 32.1. The second-order valence-corrected chi connectivity index (χ2v) is 8.44. The number of thiophene rings is 1. The van der Waals surface area contributed by atoms with Crippen molar-refractivity contribution in [2.24, 2.45) is 0 Å². The van der Waals surface area contributed by atoms with Gasteiger partial charge in [0.15, 0.2) is 5.78 Å². The van der Waals surface area contributed by atoms with E-state index in [0.29, 0.717) is 11.3 Å². The van der Waals surface area contributed by atoms with E-state index in [1.807, 2.05) is 16.3 Å². The van der Waals surface area contributed by atoms with Crippen molar-refractivity contribution in [2.45, 2.75) is 25.8 Å². The van der Waals surface area contributed by atoms with Gasteiger partial charge in [-0.1, -0.05) is 35.9 Å². The Bertz CT molecular complexity index is 970. The maximum Gasteiger partial charge on any atom is 0.270 e. The van der Waals surface area contributed by atoms with Gasteiger partial charge in [0.25, 0.3) is 5.91 Å². The molecule has 1 unspecified atom stereocenters. The first-order chi connectivity index (χ1) is 14.1. The summed E-state index contributed by atoms with van der Waals surface area (Å²) in [6.07, 6.45) is 3.73. The SMILES string of the molecule is Cc1ccc(C(NCC(=O)c2c[nH]c(C(=O)N3CCCC3)c2)c2cccs2)cc1. The van der Waals surface area contributed by atoms with Gasteiger partial charge >= 0.3 is 0 Å². The van der Waals surface area contributed by atoms with Gasteiger partial charge in [-0.05, 0) is 42.8 Å². The molecule has 2 N–H and O–H groups in total. The predicted octanol–water partition coefficient (Wildman–Crippen LogP) is 4.18. The first-order valence-electron chi connectivity index (χ1n) is 9.96. The fourth-order valence-corrected chi connectivity index (χ4v) is 4.49. The lowest BCUT2D eigenvalue weighted by Crippen LogP contribution is -2.28. The van der Waals surface area contributed by atoms with Crippen molar-refractivity contribution in [3.8, 4) is 0 Å². The van der Waals surface area contributed by atoms with Gasteiger partial charge in [0, 0.05) is 29.7 Å². The summed E-state index contributed by atoms with van der Waals surface area (Å²) < 4.78 is 0. The average Bonchev–Trinajstić information content (AvgIpc) is 3.51. The van der Waals surface area contributed by atoms with Crippen LogP contribution in [0.2, 0.25) is 0 Å². The molecule has 1 amide bonds. The lowest BCUT2D eigenvalue weighted by molar-refractivity contribution is 0.0787. The number of aromatic nitrogens is 1. The van der Waals surface area contributed by atoms with Crippen LogP contribution >= 0.6 is 11.3 Å². The number of amides is 1. The molecule has 2 aromatic heterocycles. The zero-order valence-corrected chi connectivity index (χ0v) is 17.3. The topological polar surface area (TPSA) is 65.2 Å². The van der Waals surface area contributed by atoms with Crippen LogP contribution in [-0.4, -0.2) is 41.2 Å². The number of hydrogen-bond acceptors (Lipinski definition) is 4. The first-order valence-corrected chi connectivity index (χ1v) is 10.8. The average molecular weight is 408 g/mol. The van der Waals surface area contributed by atoms with E-state index in [9.17, 15) is 9.59 Å². The number of likely N-dealkylation sites (tertiary alicyclic amines) is 1. The van der Waals surface area contributed by atoms with Crippen molar-refractivity contribution < 1.29 is 9.59 Å². The Hall–Kier alpha value is -2.70. The summed E-state index contributed by atoms with van der Waals surface area (Å²) in [5, 5.41) is 5.45. The summed E-state index contributed by atoms with van der Waals surface area (Å²) in [5.74, 6) is -0.0546. The number of benzene rings is 1. The molecule has 150 valence electrons. The number of ketones is 1. The van der Waals surface area contributed by atoms with Gasteiger partial charge in [-0.15, -0.1) is 11.3 Å². The molecule has 1 aliphatic heterocycles. The fraction of sp³-hybridized carbons (Fsp3) is 0.304. The molecule has 5 nitrogen and oxygen atoms in total. The van der Waals surface area contributed by atoms with E-state index in [1.165, 1.54) is 10.4 Å². The summed E-state index contributed by atoms with van der Waals surface area (Å²) >= 11 is 1.67. The number of hydrogen-bond donors (Lipinski definition) is 2. The summed E-state index contributed by atoms with van der Waals surface area (Å²) in [7, 11) is 0. The molecule has 0 radical (unpaired) electrons. The minimum atomic E-state index is -0.0378. The van der Waals surface area contributed by atoms with Gasteiger partial charge in [-0.2, -0.15) is 0 Å². The first kappa shape index (κ1) is 19.6. The van der Waals surface area contributed by atoms with Gasteiger partial charge < -0.3 is 9.88 Å². The monoisotopic (exact) mass is 407 g/mol. The normalized spacial score (nSPS) is 14.9. The van der Waals surface area contributed by atoms with Crippen LogP contribution in [0.3, 0.4) is 0 Å². The quantitative estimate of drug-likeness (QED) is 0.578. The zero-order valence-electron chi connectivity index (χ0n) is 16.5. The van der Waals surface area contributed by atoms with E-state index < -0.39 is 0 Å². The maximum absolute atomic E-state index is 12.8. The summed E-state index contributed by atoms with van der Waals surface area (Å²) in [6, 6.07) is 14.1. The molecule has 1 fully saturated rings. The molecular formula is C23H25N3O2S. The number of aromatic amines is 1. The van der Waals surface area contributed by atoms with Crippen LogP contribution in [0.5, 0.6) is 0 Å². The van der Waals surface area contributed by atoms with Crippen molar-refractivity contribution >= 4 is 23.0 Å². The highest BCUT2D eigenvalue weighted by Crippen LogP contribution is 2.26. The molecule has 0 saturated carbocycles. The Balaban J connectivity index is 1.44. The van der Waals surface area contributed by atoms with Gasteiger partial charge in [0.05, 0.1) is 12.6 Å². The highest BCUT2D eigenvalue weighted by molar-refractivity contribution is 7.10. The van der Waals surface area contributed by atoms with Gasteiger partial charge in [0.1, 0.15) is 5.69 Å². The van der Waals surface area contributed by atoms with Crippen LogP contribution in [0.4, 0.5) is 0 Å². The highest BCUT2D eigenvalue weighted by Gasteiger charge is 2.22. The number of aryl methyl sites for hydroxylation is 1. The van der Waals surface area contributed by atoms with Crippen molar-refractivity contribution in [2.75, 3.05) is 19.6 Å². The number of rotatable bonds is 7.